The molecule has 0 aromatic heterocycles. The van der Waals surface area contributed by atoms with Crippen LogP contribution in [0.5, 0.6) is 0 Å². The topological polar surface area (TPSA) is 152 Å². The smallest absolute Gasteiger partial charge is 0.353 e. The molecule has 0 radical (unpaired) electrons. The van der Waals surface area contributed by atoms with Gasteiger partial charge < -0.3 is 38.0 Å². The fourth-order valence-corrected chi connectivity index (χ4v) is 7.09. The quantitative estimate of drug-likeness (QED) is 0.245. The molecule has 6 atom stereocenters. The van der Waals surface area contributed by atoms with Gasteiger partial charge in [-0.25, -0.2) is 9.46 Å². The highest BCUT2D eigenvalue weighted by molar-refractivity contribution is 7.57. The predicted octanol–water partition coefficient (Wildman–Crippen LogP) is 3.39. The standard InChI is InChI=1S/C23H38N4O9P2/c1-16(2)27(17(3)4)37(34-12-7-10-24)36-18-14-23(9-13-38(30,31-5)32-6)15-33-20(18)21(35-23)26-11-8-19(28)25-22(26)29/h8-9,11,13,16-21,28H,7,12,14-15H2,1-6H3,(H,25,29)/b13-9+/t18-,19?,20-,21?,23-,37?/m1/s1. The number of nitrogens with one attached hydrogen (secondary N) is 1. The van der Waals surface area contributed by atoms with E-state index in [9.17, 15) is 14.5 Å². The Kier molecular flexibility index (Phi) is 10.9. The third kappa shape index (κ3) is 7.20. The van der Waals surface area contributed by atoms with E-state index in [1.165, 1.54) is 37.2 Å². The predicted molar refractivity (Wildman–Crippen MR) is 138 cm³/mol. The van der Waals surface area contributed by atoms with Crippen LogP contribution >= 0.6 is 16.1 Å². The lowest BCUT2D eigenvalue weighted by Crippen LogP contribution is -2.68. The maximum atomic E-state index is 12.8. The van der Waals surface area contributed by atoms with Gasteiger partial charge in [-0.2, -0.15) is 5.26 Å². The van der Waals surface area contributed by atoms with Crippen molar-refractivity contribution < 1.29 is 42.0 Å². The first-order valence-corrected chi connectivity index (χ1v) is 15.1. The molecule has 214 valence electrons. The summed E-state index contributed by atoms with van der Waals surface area (Å²) in [7, 11) is -2.58. The number of carbonyl (C=O) groups excluding carboxylic acids is 1. The van der Waals surface area contributed by atoms with E-state index in [1.54, 1.807) is 6.08 Å². The average Bonchev–Trinajstić information content (AvgIpc) is 2.87. The molecular weight excluding hydrogens is 538 g/mol. The Bertz CT molecular complexity index is 959. The van der Waals surface area contributed by atoms with Crippen LogP contribution in [-0.2, 0) is 32.1 Å². The molecule has 3 saturated heterocycles. The van der Waals surface area contributed by atoms with Crippen molar-refractivity contribution in [1.82, 2.24) is 14.9 Å². The lowest BCUT2D eigenvalue weighted by atomic mass is 9.86. The minimum absolute atomic E-state index is 0.0809. The number of aliphatic hydroxyl groups excluding tert-OH is 1. The third-order valence-electron chi connectivity index (χ3n) is 6.24. The van der Waals surface area contributed by atoms with Gasteiger partial charge in [0.2, 0.25) is 0 Å². The zero-order valence-electron chi connectivity index (χ0n) is 22.6. The van der Waals surface area contributed by atoms with E-state index in [0.29, 0.717) is 6.42 Å². The largest absolute Gasteiger partial charge is 0.370 e. The van der Waals surface area contributed by atoms with Crippen LogP contribution in [-0.4, -0.2) is 90.5 Å². The Morgan fingerprint density at radius 2 is 2.05 bits per heavy atom. The van der Waals surface area contributed by atoms with E-state index < -0.39 is 52.4 Å². The van der Waals surface area contributed by atoms with Crippen LogP contribution < -0.4 is 5.32 Å². The molecule has 0 aliphatic carbocycles. The van der Waals surface area contributed by atoms with Gasteiger partial charge in [-0.15, -0.1) is 0 Å². The number of carbonyl (C=O) groups is 1. The highest BCUT2D eigenvalue weighted by Gasteiger charge is 2.56. The van der Waals surface area contributed by atoms with Crippen LogP contribution in [0, 0.1) is 11.3 Å². The molecule has 0 saturated carbocycles. The minimum atomic E-state index is -3.52. The molecular formula is C23H38N4O9P2. The number of ether oxygens (including phenoxy) is 2. The van der Waals surface area contributed by atoms with Crippen molar-refractivity contribution in [2.24, 2.45) is 0 Å². The van der Waals surface area contributed by atoms with Crippen LogP contribution in [0.4, 0.5) is 4.79 Å². The highest BCUT2D eigenvalue weighted by Crippen LogP contribution is 2.53. The van der Waals surface area contributed by atoms with E-state index in [0.717, 1.165) is 0 Å². The number of hydrogen-bond acceptors (Lipinski definition) is 11. The number of fused-ring (bicyclic) bond motifs is 3. The normalized spacial score (nSPS) is 30.4. The molecule has 38 heavy (non-hydrogen) atoms. The zero-order chi connectivity index (χ0) is 28.1. The first-order valence-electron chi connectivity index (χ1n) is 12.4. The van der Waals surface area contributed by atoms with E-state index in [4.69, 9.17) is 32.8 Å². The number of hydrogen-bond donors (Lipinski definition) is 2. The fraction of sp³-hybridized carbons (Fsp3) is 0.739. The summed E-state index contributed by atoms with van der Waals surface area (Å²) in [5.41, 5.74) is -1.13. The van der Waals surface area contributed by atoms with Crippen molar-refractivity contribution in [3.8, 4) is 6.07 Å². The summed E-state index contributed by atoms with van der Waals surface area (Å²) in [5, 5.41) is 21.3. The van der Waals surface area contributed by atoms with Crippen molar-refractivity contribution >= 4 is 22.2 Å². The van der Waals surface area contributed by atoms with Crippen molar-refractivity contribution in [1.29, 1.82) is 5.26 Å². The Balaban J connectivity index is 1.97. The highest BCUT2D eigenvalue weighted by atomic mass is 31.2. The molecule has 2 N–H and O–H groups in total. The Morgan fingerprint density at radius 3 is 2.63 bits per heavy atom. The van der Waals surface area contributed by atoms with Gasteiger partial charge in [0.05, 0.1) is 31.8 Å². The third-order valence-corrected chi connectivity index (χ3v) is 9.92. The monoisotopic (exact) mass is 576 g/mol. The van der Waals surface area contributed by atoms with Crippen molar-refractivity contribution in [2.45, 2.75) is 82.9 Å². The maximum absolute atomic E-state index is 12.8. The van der Waals surface area contributed by atoms with Gasteiger partial charge in [-0.1, -0.05) is 0 Å². The number of rotatable bonds is 13. The number of urea groups is 1. The summed E-state index contributed by atoms with van der Waals surface area (Å²) in [5.74, 6) is 1.31. The summed E-state index contributed by atoms with van der Waals surface area (Å²) < 4.78 is 50.2. The van der Waals surface area contributed by atoms with Crippen molar-refractivity contribution in [2.75, 3.05) is 27.4 Å². The van der Waals surface area contributed by atoms with Crippen LogP contribution in [0.2, 0.25) is 0 Å². The van der Waals surface area contributed by atoms with Gasteiger partial charge in [-0.05, 0) is 39.8 Å². The van der Waals surface area contributed by atoms with Crippen molar-refractivity contribution in [3.05, 3.63) is 24.2 Å². The van der Waals surface area contributed by atoms with E-state index in [2.05, 4.69) is 16.1 Å². The molecule has 2 amide bonds. The van der Waals surface area contributed by atoms with Gasteiger partial charge in [0.25, 0.3) is 8.53 Å². The number of aliphatic hydroxyl groups is 1. The Hall–Kier alpha value is -1.42. The summed E-state index contributed by atoms with van der Waals surface area (Å²) >= 11 is 0. The molecule has 4 heterocycles. The average molecular weight is 577 g/mol. The molecule has 13 nitrogen and oxygen atoms in total. The molecule has 4 rings (SSSR count). The van der Waals surface area contributed by atoms with E-state index >= 15 is 0 Å². The molecule has 3 unspecified atom stereocenters. The molecule has 3 fully saturated rings. The van der Waals surface area contributed by atoms with E-state index in [1.807, 2.05) is 27.7 Å². The van der Waals surface area contributed by atoms with Gasteiger partial charge in [-0.3, -0.25) is 9.46 Å². The van der Waals surface area contributed by atoms with Crippen LogP contribution in [0.25, 0.3) is 0 Å². The van der Waals surface area contributed by atoms with Crippen LogP contribution in [0.1, 0.15) is 40.5 Å². The Labute approximate surface area is 225 Å². The molecule has 2 bridgehead atoms. The maximum Gasteiger partial charge on any atom is 0.353 e. The second-order valence-electron chi connectivity index (χ2n) is 9.61. The number of amides is 2. The van der Waals surface area contributed by atoms with Gasteiger partial charge in [0.1, 0.15) is 17.9 Å². The summed E-state index contributed by atoms with van der Waals surface area (Å²) in [6, 6.07) is 1.68. The second-order valence-corrected chi connectivity index (χ2v) is 13.1. The second kappa shape index (κ2) is 13.3. The summed E-state index contributed by atoms with van der Waals surface area (Å²) in [4.78, 5) is 14.0. The van der Waals surface area contributed by atoms with Gasteiger partial charge in [0, 0.05) is 44.7 Å². The number of nitrogens with zero attached hydrogens (tertiary/aromatic N) is 3. The van der Waals surface area contributed by atoms with Crippen LogP contribution in [0.15, 0.2) is 24.2 Å². The molecule has 0 aromatic rings. The van der Waals surface area contributed by atoms with Crippen LogP contribution in [0.3, 0.4) is 0 Å². The first-order chi connectivity index (χ1) is 18.0. The van der Waals surface area contributed by atoms with Crippen molar-refractivity contribution in [3.63, 3.8) is 0 Å². The summed E-state index contributed by atoms with van der Waals surface area (Å²) in [6.45, 7) is 8.45. The molecule has 4 aliphatic rings. The molecule has 4 aliphatic heterocycles. The fourth-order valence-electron chi connectivity index (χ4n) is 4.51. The number of nitriles is 1. The lowest BCUT2D eigenvalue weighted by Gasteiger charge is -2.55. The SMILES string of the molecule is COP(=O)(/C=C/[C@@]12CO[C@@H](C(N3C=CC(O)NC3=O)O1)[C@H](OP(OCCC#N)N(C(C)C)C(C)C)C2)OC. The Morgan fingerprint density at radius 1 is 1.37 bits per heavy atom. The lowest BCUT2D eigenvalue weighted by molar-refractivity contribution is -0.303. The molecule has 0 aromatic carbocycles. The minimum Gasteiger partial charge on any atom is -0.370 e. The zero-order valence-corrected chi connectivity index (χ0v) is 24.3. The van der Waals surface area contributed by atoms with Gasteiger partial charge in [0.15, 0.2) is 6.23 Å². The first kappa shape index (κ1) is 31.1. The molecule has 0 spiro atoms. The summed E-state index contributed by atoms with van der Waals surface area (Å²) in [6.07, 6.45) is 1.59. The molecule has 15 heteroatoms. The van der Waals surface area contributed by atoms with Gasteiger partial charge >= 0.3 is 13.6 Å². The van der Waals surface area contributed by atoms with E-state index in [-0.39, 0.29) is 31.7 Å².